The van der Waals surface area contributed by atoms with Crippen LogP contribution in [0, 0.1) is 0 Å². The standard InChI is InChI=1S/C21H22N2O/c1-16(17-6-3-2-4-7-17)13-23-15-20-12-18(9-10-21(20)24)19-8-5-11-22-14-19/h2-12,14,16,23-24H,13,15H2,1H3. The summed E-state index contributed by atoms with van der Waals surface area (Å²) >= 11 is 0. The second-order valence-corrected chi connectivity index (χ2v) is 6.03. The summed E-state index contributed by atoms with van der Waals surface area (Å²) in [5, 5.41) is 13.6. The van der Waals surface area contributed by atoms with Crippen LogP contribution in [0.3, 0.4) is 0 Å². The van der Waals surface area contributed by atoms with Crippen molar-refractivity contribution in [1.29, 1.82) is 0 Å². The van der Waals surface area contributed by atoms with Crippen molar-refractivity contribution in [2.24, 2.45) is 0 Å². The fourth-order valence-corrected chi connectivity index (χ4v) is 2.76. The highest BCUT2D eigenvalue weighted by molar-refractivity contribution is 5.64. The molecule has 1 unspecified atom stereocenters. The van der Waals surface area contributed by atoms with Crippen LogP contribution >= 0.6 is 0 Å². The molecule has 0 aliphatic carbocycles. The van der Waals surface area contributed by atoms with Crippen LogP contribution in [0.4, 0.5) is 0 Å². The number of aromatic hydroxyl groups is 1. The van der Waals surface area contributed by atoms with Gasteiger partial charge in [0.15, 0.2) is 0 Å². The number of hydrogen-bond donors (Lipinski definition) is 2. The molecule has 0 saturated carbocycles. The van der Waals surface area contributed by atoms with Gasteiger partial charge in [0.2, 0.25) is 0 Å². The highest BCUT2D eigenvalue weighted by Gasteiger charge is 2.07. The predicted molar refractivity (Wildman–Crippen MR) is 97.9 cm³/mol. The van der Waals surface area contributed by atoms with Crippen molar-refractivity contribution in [3.8, 4) is 16.9 Å². The molecule has 3 nitrogen and oxygen atoms in total. The highest BCUT2D eigenvalue weighted by Crippen LogP contribution is 2.25. The third-order valence-electron chi connectivity index (χ3n) is 4.21. The average molecular weight is 318 g/mol. The molecular weight excluding hydrogens is 296 g/mol. The Balaban J connectivity index is 1.65. The second kappa shape index (κ2) is 7.75. The molecule has 0 bridgehead atoms. The molecule has 0 aliphatic heterocycles. The van der Waals surface area contributed by atoms with Crippen molar-refractivity contribution in [2.75, 3.05) is 6.54 Å². The fourth-order valence-electron chi connectivity index (χ4n) is 2.76. The van der Waals surface area contributed by atoms with Gasteiger partial charge in [-0.25, -0.2) is 0 Å². The summed E-state index contributed by atoms with van der Waals surface area (Å²) in [5.41, 5.74) is 4.33. The van der Waals surface area contributed by atoms with Gasteiger partial charge in [-0.05, 0) is 35.2 Å². The van der Waals surface area contributed by atoms with E-state index in [4.69, 9.17) is 0 Å². The van der Waals surface area contributed by atoms with Crippen LogP contribution < -0.4 is 5.32 Å². The Bertz CT molecular complexity index is 772. The van der Waals surface area contributed by atoms with E-state index in [0.29, 0.717) is 18.2 Å². The molecule has 0 radical (unpaired) electrons. The molecule has 0 fully saturated rings. The zero-order valence-corrected chi connectivity index (χ0v) is 13.8. The molecule has 2 N–H and O–H groups in total. The summed E-state index contributed by atoms with van der Waals surface area (Å²) in [5.74, 6) is 0.748. The molecule has 0 saturated heterocycles. The van der Waals surface area contributed by atoms with Crippen LogP contribution in [0.15, 0.2) is 73.1 Å². The molecular formula is C21H22N2O. The Morgan fingerprint density at radius 1 is 1.00 bits per heavy atom. The Morgan fingerprint density at radius 3 is 2.58 bits per heavy atom. The number of phenolic OH excluding ortho intramolecular Hbond substituents is 1. The maximum Gasteiger partial charge on any atom is 0.120 e. The number of rotatable bonds is 6. The Morgan fingerprint density at radius 2 is 1.83 bits per heavy atom. The largest absolute Gasteiger partial charge is 0.508 e. The van der Waals surface area contributed by atoms with E-state index in [0.717, 1.165) is 23.2 Å². The minimum atomic E-state index is 0.322. The molecule has 2 aromatic carbocycles. The van der Waals surface area contributed by atoms with Gasteiger partial charge >= 0.3 is 0 Å². The molecule has 0 spiro atoms. The normalized spacial score (nSPS) is 12.0. The quantitative estimate of drug-likeness (QED) is 0.710. The molecule has 1 atom stereocenters. The third kappa shape index (κ3) is 4.00. The molecule has 1 aromatic heterocycles. The number of hydrogen-bond acceptors (Lipinski definition) is 3. The first-order valence-electron chi connectivity index (χ1n) is 8.22. The van der Waals surface area contributed by atoms with Gasteiger partial charge in [0.25, 0.3) is 0 Å². The molecule has 0 aliphatic rings. The first-order chi connectivity index (χ1) is 11.7. The number of nitrogens with zero attached hydrogens (tertiary/aromatic N) is 1. The summed E-state index contributed by atoms with van der Waals surface area (Å²) < 4.78 is 0. The predicted octanol–water partition coefficient (Wildman–Crippen LogP) is 4.35. The first kappa shape index (κ1) is 16.2. The Kier molecular flexibility index (Phi) is 5.24. The van der Waals surface area contributed by atoms with Crippen molar-refractivity contribution >= 4 is 0 Å². The lowest BCUT2D eigenvalue weighted by molar-refractivity contribution is 0.463. The number of pyridine rings is 1. The maximum atomic E-state index is 10.1. The topological polar surface area (TPSA) is 45.2 Å². The van der Waals surface area contributed by atoms with Crippen molar-refractivity contribution in [3.05, 3.63) is 84.2 Å². The lowest BCUT2D eigenvalue weighted by Crippen LogP contribution is -2.19. The van der Waals surface area contributed by atoms with Gasteiger partial charge in [-0.2, -0.15) is 0 Å². The molecule has 0 amide bonds. The van der Waals surface area contributed by atoms with E-state index in [2.05, 4.69) is 41.5 Å². The summed E-state index contributed by atoms with van der Waals surface area (Å²) in [4.78, 5) is 4.15. The van der Waals surface area contributed by atoms with E-state index in [1.807, 2.05) is 36.5 Å². The molecule has 3 heteroatoms. The van der Waals surface area contributed by atoms with Gasteiger partial charge in [0.1, 0.15) is 5.75 Å². The van der Waals surface area contributed by atoms with Crippen molar-refractivity contribution in [2.45, 2.75) is 19.4 Å². The molecule has 3 rings (SSSR count). The van der Waals surface area contributed by atoms with Gasteiger partial charge in [-0.1, -0.05) is 49.4 Å². The van der Waals surface area contributed by atoms with Crippen LogP contribution in [0.25, 0.3) is 11.1 Å². The summed E-state index contributed by atoms with van der Waals surface area (Å²) in [6.07, 6.45) is 3.60. The zero-order valence-electron chi connectivity index (χ0n) is 13.8. The van der Waals surface area contributed by atoms with Gasteiger partial charge in [-0.15, -0.1) is 0 Å². The van der Waals surface area contributed by atoms with Gasteiger partial charge in [0, 0.05) is 36.6 Å². The number of benzene rings is 2. The van der Waals surface area contributed by atoms with Crippen LogP contribution in [0.2, 0.25) is 0 Å². The molecule has 3 aromatic rings. The molecule has 1 heterocycles. The zero-order chi connectivity index (χ0) is 16.8. The number of phenols is 1. The summed E-state index contributed by atoms with van der Waals surface area (Å²) in [6.45, 7) is 3.70. The van der Waals surface area contributed by atoms with E-state index in [9.17, 15) is 5.11 Å². The lowest BCUT2D eigenvalue weighted by atomic mass is 10.0. The van der Waals surface area contributed by atoms with Crippen LogP contribution in [0.5, 0.6) is 5.75 Å². The average Bonchev–Trinajstić information content (AvgIpc) is 2.64. The lowest BCUT2D eigenvalue weighted by Gasteiger charge is -2.14. The van der Waals surface area contributed by atoms with Crippen molar-refractivity contribution < 1.29 is 5.11 Å². The Hall–Kier alpha value is -2.65. The monoisotopic (exact) mass is 318 g/mol. The van der Waals surface area contributed by atoms with Gasteiger partial charge < -0.3 is 10.4 Å². The first-order valence-corrected chi connectivity index (χ1v) is 8.22. The van der Waals surface area contributed by atoms with Gasteiger partial charge in [-0.3, -0.25) is 4.98 Å². The molecule has 122 valence electrons. The van der Waals surface area contributed by atoms with E-state index in [1.54, 1.807) is 12.3 Å². The Labute approximate surface area is 143 Å². The third-order valence-corrected chi connectivity index (χ3v) is 4.21. The van der Waals surface area contributed by atoms with Crippen molar-refractivity contribution in [1.82, 2.24) is 10.3 Å². The summed E-state index contributed by atoms with van der Waals surface area (Å²) in [7, 11) is 0. The molecule has 24 heavy (non-hydrogen) atoms. The SMILES string of the molecule is CC(CNCc1cc(-c2cccnc2)ccc1O)c1ccccc1. The van der Waals surface area contributed by atoms with E-state index in [1.165, 1.54) is 5.56 Å². The van der Waals surface area contributed by atoms with Crippen LogP contribution in [-0.4, -0.2) is 16.6 Å². The second-order valence-electron chi connectivity index (χ2n) is 6.03. The smallest absolute Gasteiger partial charge is 0.120 e. The van der Waals surface area contributed by atoms with E-state index in [-0.39, 0.29) is 0 Å². The number of aromatic nitrogens is 1. The maximum absolute atomic E-state index is 10.1. The van der Waals surface area contributed by atoms with Gasteiger partial charge in [0.05, 0.1) is 0 Å². The fraction of sp³-hybridized carbons (Fsp3) is 0.190. The van der Waals surface area contributed by atoms with Crippen LogP contribution in [-0.2, 0) is 6.54 Å². The minimum Gasteiger partial charge on any atom is -0.508 e. The van der Waals surface area contributed by atoms with E-state index >= 15 is 0 Å². The van der Waals surface area contributed by atoms with Crippen molar-refractivity contribution in [3.63, 3.8) is 0 Å². The summed E-state index contributed by atoms with van der Waals surface area (Å²) in [6, 6.07) is 20.1. The minimum absolute atomic E-state index is 0.322. The van der Waals surface area contributed by atoms with E-state index < -0.39 is 0 Å². The highest BCUT2D eigenvalue weighted by atomic mass is 16.3. The van der Waals surface area contributed by atoms with Crippen LogP contribution in [0.1, 0.15) is 24.0 Å². The number of nitrogens with one attached hydrogen (secondary N) is 1.